The van der Waals surface area contributed by atoms with Crippen molar-refractivity contribution in [2.75, 3.05) is 59.7 Å². The van der Waals surface area contributed by atoms with E-state index in [2.05, 4.69) is 25.7 Å². The quantitative estimate of drug-likeness (QED) is 0.317. The maximum Gasteiger partial charge on any atom is 0.191 e. The lowest BCUT2D eigenvalue weighted by Gasteiger charge is -2.26. The molecule has 9 heteroatoms. The highest BCUT2D eigenvalue weighted by Crippen LogP contribution is 2.48. The highest BCUT2D eigenvalue weighted by atomic mass is 16.5. The molecule has 2 fully saturated rings. The first-order chi connectivity index (χ1) is 14.1. The highest BCUT2D eigenvalue weighted by Gasteiger charge is 2.41. The summed E-state index contributed by atoms with van der Waals surface area (Å²) in [6, 6.07) is 0. The van der Waals surface area contributed by atoms with Gasteiger partial charge in [-0.05, 0) is 44.6 Å². The Morgan fingerprint density at radius 1 is 1.24 bits per heavy atom. The van der Waals surface area contributed by atoms with Gasteiger partial charge in [0.2, 0.25) is 0 Å². The van der Waals surface area contributed by atoms with Gasteiger partial charge in [0.05, 0.1) is 13.2 Å². The van der Waals surface area contributed by atoms with Crippen LogP contribution in [0.3, 0.4) is 0 Å². The Morgan fingerprint density at radius 2 is 2.03 bits per heavy atom. The lowest BCUT2D eigenvalue weighted by atomic mass is 10.0. The molecule has 1 aromatic heterocycles. The van der Waals surface area contributed by atoms with Crippen molar-refractivity contribution in [2.45, 2.75) is 39.2 Å². The molecule has 1 aliphatic heterocycles. The van der Waals surface area contributed by atoms with Crippen LogP contribution in [-0.2, 0) is 23.1 Å². The minimum Gasteiger partial charge on any atom is -0.385 e. The summed E-state index contributed by atoms with van der Waals surface area (Å²) in [5.41, 5.74) is 0.369. The summed E-state index contributed by atoms with van der Waals surface area (Å²) in [6.45, 7) is 9.97. The van der Waals surface area contributed by atoms with E-state index < -0.39 is 0 Å². The van der Waals surface area contributed by atoms with E-state index in [1.807, 2.05) is 18.5 Å². The lowest BCUT2D eigenvalue weighted by molar-refractivity contribution is 0.0376. The number of aryl methyl sites for hydroxylation is 1. The average Bonchev–Trinajstić information content (AvgIpc) is 3.45. The minimum atomic E-state index is 0.369. The van der Waals surface area contributed by atoms with Gasteiger partial charge in [-0.25, -0.2) is 4.99 Å². The number of aromatic nitrogens is 3. The van der Waals surface area contributed by atoms with Crippen LogP contribution in [0, 0.1) is 12.3 Å². The van der Waals surface area contributed by atoms with Crippen molar-refractivity contribution >= 4 is 5.96 Å². The maximum absolute atomic E-state index is 5.42. The predicted molar refractivity (Wildman–Crippen MR) is 113 cm³/mol. The summed E-state index contributed by atoms with van der Waals surface area (Å²) < 4.78 is 12.7. The molecule has 164 valence electrons. The van der Waals surface area contributed by atoms with Gasteiger partial charge in [0.25, 0.3) is 0 Å². The largest absolute Gasteiger partial charge is 0.385 e. The number of ether oxygens (including phenoxy) is 2. The Kier molecular flexibility index (Phi) is 8.26. The second-order valence-electron chi connectivity index (χ2n) is 8.22. The number of nitrogens with one attached hydrogen (secondary N) is 2. The Bertz CT molecular complexity index is 651. The van der Waals surface area contributed by atoms with Crippen LogP contribution in [0.2, 0.25) is 0 Å². The summed E-state index contributed by atoms with van der Waals surface area (Å²) in [4.78, 5) is 7.23. The molecular formula is C20H37N7O2. The van der Waals surface area contributed by atoms with Gasteiger partial charge < -0.3 is 24.7 Å². The van der Waals surface area contributed by atoms with Crippen molar-refractivity contribution in [2.24, 2.45) is 17.5 Å². The fourth-order valence-electron chi connectivity index (χ4n) is 3.53. The Morgan fingerprint density at radius 3 is 2.69 bits per heavy atom. The summed E-state index contributed by atoms with van der Waals surface area (Å²) in [7, 11) is 3.75. The van der Waals surface area contributed by atoms with E-state index in [0.717, 1.165) is 83.0 Å². The third kappa shape index (κ3) is 6.94. The molecule has 1 aromatic rings. The maximum atomic E-state index is 5.42. The third-order valence-electron chi connectivity index (χ3n) is 6.03. The van der Waals surface area contributed by atoms with Gasteiger partial charge in [-0.15, -0.1) is 10.2 Å². The molecule has 0 spiro atoms. The number of nitrogens with zero attached hydrogens (tertiary/aromatic N) is 5. The van der Waals surface area contributed by atoms with Gasteiger partial charge in [0.1, 0.15) is 12.4 Å². The van der Waals surface area contributed by atoms with Crippen LogP contribution in [0.5, 0.6) is 0 Å². The Hall–Kier alpha value is -1.71. The highest BCUT2D eigenvalue weighted by molar-refractivity contribution is 5.79. The van der Waals surface area contributed by atoms with Crippen molar-refractivity contribution in [3.63, 3.8) is 0 Å². The molecule has 29 heavy (non-hydrogen) atoms. The molecular weight excluding hydrogens is 370 g/mol. The molecule has 0 amide bonds. The fraction of sp³-hybridized carbons (Fsp3) is 0.850. The average molecular weight is 408 g/mol. The molecule has 1 saturated carbocycles. The number of morpholine rings is 1. The number of guanidine groups is 1. The number of hydrogen-bond acceptors (Lipinski definition) is 6. The summed E-state index contributed by atoms with van der Waals surface area (Å²) in [5.74, 6) is 2.63. The molecule has 0 unspecified atom stereocenters. The van der Waals surface area contributed by atoms with Gasteiger partial charge in [0.15, 0.2) is 11.8 Å². The summed E-state index contributed by atoms with van der Waals surface area (Å²) in [5, 5.41) is 15.4. The van der Waals surface area contributed by atoms with Crippen LogP contribution in [0.25, 0.3) is 0 Å². The van der Waals surface area contributed by atoms with Gasteiger partial charge in [0, 0.05) is 46.9 Å². The normalized spacial score (nSPS) is 19.3. The molecule has 0 bridgehead atoms. The molecule has 2 N–H and O–H groups in total. The molecule has 1 saturated heterocycles. The number of rotatable bonds is 11. The van der Waals surface area contributed by atoms with Crippen LogP contribution in [0.15, 0.2) is 4.99 Å². The standard InChI is InChI=1S/C20H37N7O2/c1-17-24-25-18(26(17)2)15-22-19(23-16-20(5-6-20)7-12-28-3)21-8-4-9-27-10-13-29-14-11-27/h4-16H2,1-3H3,(H2,21,22,23). The first-order valence-electron chi connectivity index (χ1n) is 10.8. The molecule has 0 aromatic carbocycles. The van der Waals surface area contributed by atoms with Crippen LogP contribution >= 0.6 is 0 Å². The summed E-state index contributed by atoms with van der Waals surface area (Å²) >= 11 is 0. The van der Waals surface area contributed by atoms with Crippen LogP contribution in [-0.4, -0.2) is 85.3 Å². The Labute approximate surface area is 174 Å². The SMILES string of the molecule is COCCC1(CNC(=NCc2nnc(C)n2C)NCCCN2CCOCC2)CC1. The molecule has 9 nitrogen and oxygen atoms in total. The van der Waals surface area contributed by atoms with E-state index in [1.165, 1.54) is 12.8 Å². The molecule has 2 aliphatic rings. The van der Waals surface area contributed by atoms with Gasteiger partial charge in [-0.3, -0.25) is 4.90 Å². The fourth-order valence-corrected chi connectivity index (χ4v) is 3.53. The van der Waals surface area contributed by atoms with Crippen LogP contribution in [0.1, 0.15) is 37.3 Å². The van der Waals surface area contributed by atoms with Crippen LogP contribution in [0.4, 0.5) is 0 Å². The zero-order chi connectivity index (χ0) is 20.5. The van der Waals surface area contributed by atoms with E-state index in [9.17, 15) is 0 Å². The predicted octanol–water partition coefficient (Wildman–Crippen LogP) is 0.698. The monoisotopic (exact) mass is 407 g/mol. The topological polar surface area (TPSA) is 88.8 Å². The minimum absolute atomic E-state index is 0.369. The van der Waals surface area contributed by atoms with Crippen molar-refractivity contribution < 1.29 is 9.47 Å². The van der Waals surface area contributed by atoms with Gasteiger partial charge >= 0.3 is 0 Å². The second kappa shape index (κ2) is 10.9. The lowest BCUT2D eigenvalue weighted by Crippen LogP contribution is -2.42. The van der Waals surface area contributed by atoms with Crippen molar-refractivity contribution in [1.29, 1.82) is 0 Å². The summed E-state index contributed by atoms with van der Waals surface area (Å²) in [6.07, 6.45) is 4.70. The van der Waals surface area contributed by atoms with Gasteiger partial charge in [-0.1, -0.05) is 0 Å². The van der Waals surface area contributed by atoms with E-state index in [1.54, 1.807) is 7.11 Å². The molecule has 3 rings (SSSR count). The molecule has 1 aliphatic carbocycles. The number of methoxy groups -OCH3 is 1. The second-order valence-corrected chi connectivity index (χ2v) is 8.22. The van der Waals surface area contributed by atoms with E-state index in [4.69, 9.17) is 14.5 Å². The van der Waals surface area contributed by atoms with E-state index in [-0.39, 0.29) is 0 Å². The third-order valence-corrected chi connectivity index (χ3v) is 6.03. The zero-order valence-electron chi connectivity index (χ0n) is 18.2. The molecule has 0 atom stereocenters. The number of aliphatic imine (C=N–C) groups is 1. The van der Waals surface area contributed by atoms with E-state index in [0.29, 0.717) is 12.0 Å². The molecule has 2 heterocycles. The van der Waals surface area contributed by atoms with Crippen molar-refractivity contribution in [3.8, 4) is 0 Å². The van der Waals surface area contributed by atoms with Crippen LogP contribution < -0.4 is 10.6 Å². The number of hydrogen-bond donors (Lipinski definition) is 2. The van der Waals surface area contributed by atoms with Crippen molar-refractivity contribution in [1.82, 2.24) is 30.3 Å². The smallest absolute Gasteiger partial charge is 0.191 e. The molecule has 0 radical (unpaired) electrons. The van der Waals surface area contributed by atoms with E-state index >= 15 is 0 Å². The van der Waals surface area contributed by atoms with Gasteiger partial charge in [-0.2, -0.15) is 0 Å². The van der Waals surface area contributed by atoms with Crippen molar-refractivity contribution in [3.05, 3.63) is 11.6 Å². The Balaban J connectivity index is 1.49. The zero-order valence-corrected chi connectivity index (χ0v) is 18.2. The first kappa shape index (κ1) is 22.0. The first-order valence-corrected chi connectivity index (χ1v) is 10.8.